The smallest absolute Gasteiger partial charge is 0.302 e. The van der Waals surface area contributed by atoms with Crippen molar-refractivity contribution in [3.63, 3.8) is 0 Å². The van der Waals surface area contributed by atoms with Crippen LogP contribution in [0.25, 0.3) is 6.08 Å². The summed E-state index contributed by atoms with van der Waals surface area (Å²) in [4.78, 5) is 13.0. The lowest BCUT2D eigenvalue weighted by atomic mass is 9.93. The fourth-order valence-corrected chi connectivity index (χ4v) is 5.61. The SMILES string of the molecule is C(#CC12CCCN1CCC2)c1ncno1.C(=C/C12CCCN1CCC2)/c1ncno1. The van der Waals surface area contributed by atoms with Crippen molar-refractivity contribution >= 4 is 6.08 Å². The summed E-state index contributed by atoms with van der Waals surface area (Å²) < 4.78 is 9.86. The normalized spacial score (nSPS) is 24.3. The average molecular weight is 409 g/mol. The Hall–Kier alpha value is -2.50. The first kappa shape index (κ1) is 19.5. The van der Waals surface area contributed by atoms with Gasteiger partial charge in [0.2, 0.25) is 5.89 Å². The molecule has 0 unspecified atom stereocenters. The third-order valence-corrected chi connectivity index (χ3v) is 7.03. The third-order valence-electron chi connectivity index (χ3n) is 7.03. The van der Waals surface area contributed by atoms with E-state index in [1.165, 1.54) is 90.2 Å². The molecule has 2 aromatic rings. The molecule has 0 N–H and O–H groups in total. The summed E-state index contributed by atoms with van der Waals surface area (Å²) >= 11 is 0. The Kier molecular flexibility index (Phi) is 5.40. The highest BCUT2D eigenvalue weighted by Crippen LogP contribution is 2.40. The van der Waals surface area contributed by atoms with Gasteiger partial charge in [0.25, 0.3) is 0 Å². The summed E-state index contributed by atoms with van der Waals surface area (Å²) in [5.74, 6) is 7.38. The molecule has 2 aromatic heterocycles. The maximum atomic E-state index is 4.97. The molecule has 4 aliphatic heterocycles. The summed E-state index contributed by atoms with van der Waals surface area (Å²) in [7, 11) is 0. The van der Waals surface area contributed by atoms with Crippen LogP contribution in [0.3, 0.4) is 0 Å². The molecule has 8 heteroatoms. The van der Waals surface area contributed by atoms with Gasteiger partial charge in [0.05, 0.1) is 5.54 Å². The van der Waals surface area contributed by atoms with Crippen LogP contribution in [-0.4, -0.2) is 67.3 Å². The molecule has 4 aliphatic rings. The number of nitrogens with zero attached hydrogens (tertiary/aromatic N) is 6. The van der Waals surface area contributed by atoms with E-state index in [-0.39, 0.29) is 5.54 Å². The zero-order valence-corrected chi connectivity index (χ0v) is 17.3. The van der Waals surface area contributed by atoms with Crippen molar-refractivity contribution in [2.45, 2.75) is 62.4 Å². The maximum Gasteiger partial charge on any atom is 0.302 e. The molecule has 4 fully saturated rings. The molecule has 0 aromatic carbocycles. The van der Waals surface area contributed by atoms with E-state index in [4.69, 9.17) is 9.05 Å². The Balaban J connectivity index is 0.000000128. The van der Waals surface area contributed by atoms with Gasteiger partial charge in [-0.15, -0.1) is 0 Å². The topological polar surface area (TPSA) is 84.3 Å². The van der Waals surface area contributed by atoms with E-state index < -0.39 is 0 Å². The lowest BCUT2D eigenvalue weighted by molar-refractivity contribution is 0.251. The Morgan fingerprint density at radius 1 is 0.833 bits per heavy atom. The first-order valence-corrected chi connectivity index (χ1v) is 11.0. The fraction of sp³-hybridized carbons (Fsp3) is 0.636. The molecule has 0 radical (unpaired) electrons. The van der Waals surface area contributed by atoms with Crippen molar-refractivity contribution in [2.24, 2.45) is 0 Å². The molecule has 30 heavy (non-hydrogen) atoms. The second kappa shape index (κ2) is 8.32. The summed E-state index contributed by atoms with van der Waals surface area (Å²) in [5, 5.41) is 7.15. The molecular formula is C22H28N6O2. The second-order valence-corrected chi connectivity index (χ2v) is 8.63. The van der Waals surface area contributed by atoms with Gasteiger partial charge in [0.1, 0.15) is 0 Å². The molecule has 6 rings (SSSR count). The van der Waals surface area contributed by atoms with Crippen LogP contribution in [0.15, 0.2) is 27.8 Å². The molecule has 0 atom stereocenters. The van der Waals surface area contributed by atoms with Crippen molar-refractivity contribution < 1.29 is 9.05 Å². The quantitative estimate of drug-likeness (QED) is 0.702. The summed E-state index contributed by atoms with van der Waals surface area (Å²) in [6.07, 6.45) is 17.1. The molecule has 0 amide bonds. The molecule has 158 valence electrons. The lowest BCUT2D eigenvalue weighted by Crippen LogP contribution is -2.36. The van der Waals surface area contributed by atoms with Crippen molar-refractivity contribution in [2.75, 3.05) is 26.2 Å². The van der Waals surface area contributed by atoms with Crippen LogP contribution in [0.5, 0.6) is 0 Å². The van der Waals surface area contributed by atoms with Crippen LogP contribution < -0.4 is 0 Å². The van der Waals surface area contributed by atoms with E-state index in [9.17, 15) is 0 Å². The van der Waals surface area contributed by atoms with Crippen molar-refractivity contribution in [3.05, 3.63) is 30.5 Å². The van der Waals surface area contributed by atoms with Gasteiger partial charge >= 0.3 is 5.89 Å². The van der Waals surface area contributed by atoms with Gasteiger partial charge in [-0.25, -0.2) is 0 Å². The predicted molar refractivity (Wildman–Crippen MR) is 110 cm³/mol. The average Bonchev–Trinajstić information content (AvgIpc) is 3.56. The highest BCUT2D eigenvalue weighted by molar-refractivity contribution is 5.41. The molecule has 4 saturated heterocycles. The molecule has 0 aliphatic carbocycles. The predicted octanol–water partition coefficient (Wildman–Crippen LogP) is 2.76. The van der Waals surface area contributed by atoms with Gasteiger partial charge < -0.3 is 9.05 Å². The third kappa shape index (κ3) is 3.80. The number of hydrogen-bond donors (Lipinski definition) is 0. The first-order chi connectivity index (χ1) is 14.8. The van der Waals surface area contributed by atoms with E-state index in [0.29, 0.717) is 17.3 Å². The molecular weight excluding hydrogens is 380 g/mol. The van der Waals surface area contributed by atoms with E-state index in [0.717, 1.165) is 0 Å². The van der Waals surface area contributed by atoms with Gasteiger partial charge in [-0.05, 0) is 83.5 Å². The Morgan fingerprint density at radius 3 is 2.17 bits per heavy atom. The summed E-state index contributed by atoms with van der Waals surface area (Å²) in [6.45, 7) is 4.87. The van der Waals surface area contributed by atoms with Gasteiger partial charge in [0.15, 0.2) is 12.7 Å². The standard InChI is InChI=1S/C11H15N3O.C11H13N3O/c2*1-4-11(5-2-8-14(11)7-1)6-3-10-12-9-13-15-10/h3,6,9H,1-2,4-5,7-8H2;9H,1-2,4-5,7-8H2/b6-3-;. The highest BCUT2D eigenvalue weighted by atomic mass is 16.5. The van der Waals surface area contributed by atoms with Crippen LogP contribution in [0, 0.1) is 11.8 Å². The van der Waals surface area contributed by atoms with Crippen molar-refractivity contribution in [3.8, 4) is 11.8 Å². The number of hydrogen-bond acceptors (Lipinski definition) is 8. The van der Waals surface area contributed by atoms with Gasteiger partial charge in [0, 0.05) is 11.6 Å². The zero-order chi connectivity index (χ0) is 20.3. The highest BCUT2D eigenvalue weighted by Gasteiger charge is 2.43. The number of fused-ring (bicyclic) bond motifs is 2. The molecule has 8 nitrogen and oxygen atoms in total. The lowest BCUT2D eigenvalue weighted by Gasteiger charge is -2.28. The Bertz CT molecular complexity index is 891. The van der Waals surface area contributed by atoms with Gasteiger partial charge in [-0.3, -0.25) is 9.80 Å². The van der Waals surface area contributed by atoms with Crippen molar-refractivity contribution in [1.82, 2.24) is 30.1 Å². The van der Waals surface area contributed by atoms with Crippen LogP contribution in [0.2, 0.25) is 0 Å². The molecule has 6 heterocycles. The van der Waals surface area contributed by atoms with Gasteiger partial charge in [-0.1, -0.05) is 22.3 Å². The summed E-state index contributed by atoms with van der Waals surface area (Å²) in [6, 6.07) is 0. The van der Waals surface area contributed by atoms with E-state index in [1.807, 2.05) is 6.08 Å². The van der Waals surface area contributed by atoms with Gasteiger partial charge in [-0.2, -0.15) is 9.97 Å². The van der Waals surface area contributed by atoms with Crippen LogP contribution >= 0.6 is 0 Å². The zero-order valence-electron chi connectivity index (χ0n) is 17.3. The number of aromatic nitrogens is 4. The fourth-order valence-electron chi connectivity index (χ4n) is 5.61. The Labute approximate surface area is 176 Å². The molecule has 0 bridgehead atoms. The minimum atomic E-state index is 0.120. The van der Waals surface area contributed by atoms with Crippen molar-refractivity contribution in [1.29, 1.82) is 0 Å². The van der Waals surface area contributed by atoms with E-state index in [2.05, 4.69) is 48.0 Å². The number of rotatable bonds is 2. The second-order valence-electron chi connectivity index (χ2n) is 8.63. The van der Waals surface area contributed by atoms with E-state index >= 15 is 0 Å². The minimum absolute atomic E-state index is 0.120. The Morgan fingerprint density at radius 2 is 1.50 bits per heavy atom. The maximum absolute atomic E-state index is 4.97. The van der Waals surface area contributed by atoms with Crippen LogP contribution in [0.4, 0.5) is 0 Å². The monoisotopic (exact) mass is 408 g/mol. The summed E-state index contributed by atoms with van der Waals surface area (Å²) in [5.41, 5.74) is 0.420. The van der Waals surface area contributed by atoms with E-state index in [1.54, 1.807) is 0 Å². The first-order valence-electron chi connectivity index (χ1n) is 11.0. The largest absolute Gasteiger partial charge is 0.335 e. The molecule has 0 saturated carbocycles. The van der Waals surface area contributed by atoms with Crippen LogP contribution in [-0.2, 0) is 0 Å². The minimum Gasteiger partial charge on any atom is -0.335 e. The van der Waals surface area contributed by atoms with Crippen LogP contribution in [0.1, 0.15) is 63.1 Å². The molecule has 0 spiro atoms.